The maximum Gasteiger partial charge on any atom is 0.0195 e. The molecular weight excluding hydrogens is 238 g/mol. The lowest BCUT2D eigenvalue weighted by Crippen LogP contribution is -2.30. The summed E-state index contributed by atoms with van der Waals surface area (Å²) < 4.78 is 0. The fourth-order valence-electron chi connectivity index (χ4n) is 1.88. The van der Waals surface area contributed by atoms with Crippen molar-refractivity contribution in [3.63, 3.8) is 0 Å². The normalized spacial score (nSPS) is 13.3. The van der Waals surface area contributed by atoms with Gasteiger partial charge in [-0.3, -0.25) is 0 Å². The lowest BCUT2D eigenvalue weighted by atomic mass is 9.99. The molecule has 1 aromatic carbocycles. The van der Waals surface area contributed by atoms with Crippen molar-refractivity contribution < 1.29 is 0 Å². The monoisotopic (exact) mass is 265 g/mol. The summed E-state index contributed by atoms with van der Waals surface area (Å²) in [5.41, 5.74) is 2.86. The predicted octanol–water partition coefficient (Wildman–Crippen LogP) is 4.08. The molecule has 0 heterocycles. The molecule has 0 saturated carbocycles. The standard InChI is InChI=1S/C16H27NS/c1-12(2)15-8-6-14(7-9-15)10-16(17-5)11-18-13(3)4/h6-9,12-13,16-17H,10-11H2,1-5H3. The van der Waals surface area contributed by atoms with Crippen molar-refractivity contribution in [2.24, 2.45) is 0 Å². The molecule has 0 aliphatic rings. The van der Waals surface area contributed by atoms with Crippen LogP contribution in [0.1, 0.15) is 44.7 Å². The molecule has 2 heteroatoms. The second kappa shape index (κ2) is 7.85. The molecular formula is C16H27NS. The minimum atomic E-state index is 0.572. The number of rotatable bonds is 7. The fourth-order valence-corrected chi connectivity index (χ4v) is 2.78. The molecule has 1 rings (SSSR count). The maximum absolute atomic E-state index is 3.42. The van der Waals surface area contributed by atoms with E-state index in [0.717, 1.165) is 6.42 Å². The first-order chi connectivity index (χ1) is 8.52. The summed E-state index contributed by atoms with van der Waals surface area (Å²) in [6, 6.07) is 9.66. The lowest BCUT2D eigenvalue weighted by molar-refractivity contribution is 0.616. The van der Waals surface area contributed by atoms with Gasteiger partial charge in [-0.05, 0) is 35.8 Å². The Morgan fingerprint density at radius 1 is 1.06 bits per heavy atom. The third-order valence-corrected chi connectivity index (χ3v) is 4.43. The van der Waals surface area contributed by atoms with E-state index in [4.69, 9.17) is 0 Å². The number of hydrogen-bond acceptors (Lipinski definition) is 2. The molecule has 0 radical (unpaired) electrons. The highest BCUT2D eigenvalue weighted by molar-refractivity contribution is 7.99. The van der Waals surface area contributed by atoms with E-state index in [2.05, 4.69) is 64.3 Å². The van der Waals surface area contributed by atoms with E-state index in [1.165, 1.54) is 16.9 Å². The Bertz CT molecular complexity index is 329. The third kappa shape index (κ3) is 5.45. The molecule has 0 aromatic heterocycles. The summed E-state index contributed by atoms with van der Waals surface area (Å²) in [5, 5.41) is 4.13. The highest BCUT2D eigenvalue weighted by atomic mass is 32.2. The van der Waals surface area contributed by atoms with Crippen LogP contribution in [0.3, 0.4) is 0 Å². The van der Waals surface area contributed by atoms with Gasteiger partial charge < -0.3 is 5.32 Å². The number of thioether (sulfide) groups is 1. The van der Waals surface area contributed by atoms with Gasteiger partial charge in [-0.25, -0.2) is 0 Å². The molecule has 1 aromatic rings. The van der Waals surface area contributed by atoms with Gasteiger partial charge in [-0.2, -0.15) is 11.8 Å². The Balaban J connectivity index is 2.53. The minimum absolute atomic E-state index is 0.572. The first kappa shape index (κ1) is 15.6. The molecule has 18 heavy (non-hydrogen) atoms. The topological polar surface area (TPSA) is 12.0 Å². The molecule has 0 aliphatic heterocycles. The largest absolute Gasteiger partial charge is 0.316 e. The van der Waals surface area contributed by atoms with E-state index < -0.39 is 0 Å². The van der Waals surface area contributed by atoms with E-state index >= 15 is 0 Å². The third-order valence-electron chi connectivity index (χ3n) is 3.17. The van der Waals surface area contributed by atoms with Crippen LogP contribution in [0.15, 0.2) is 24.3 Å². The minimum Gasteiger partial charge on any atom is -0.316 e. The van der Waals surface area contributed by atoms with Gasteiger partial charge in [0.1, 0.15) is 0 Å². The van der Waals surface area contributed by atoms with Gasteiger partial charge in [0.15, 0.2) is 0 Å². The van der Waals surface area contributed by atoms with Crippen molar-refractivity contribution in [2.45, 2.75) is 51.3 Å². The number of benzene rings is 1. The molecule has 0 fully saturated rings. The zero-order valence-electron chi connectivity index (χ0n) is 12.4. The summed E-state index contributed by atoms with van der Waals surface area (Å²) >= 11 is 2.03. The Kier molecular flexibility index (Phi) is 6.80. The van der Waals surface area contributed by atoms with E-state index in [1.54, 1.807) is 0 Å². The summed E-state index contributed by atoms with van der Waals surface area (Å²) in [6.07, 6.45) is 1.12. The van der Waals surface area contributed by atoms with Crippen LogP contribution in [0.5, 0.6) is 0 Å². The molecule has 0 aliphatic carbocycles. The Morgan fingerprint density at radius 2 is 1.67 bits per heavy atom. The smallest absolute Gasteiger partial charge is 0.0195 e. The van der Waals surface area contributed by atoms with Crippen molar-refractivity contribution in [3.05, 3.63) is 35.4 Å². The average molecular weight is 265 g/mol. The van der Waals surface area contributed by atoms with Crippen LogP contribution < -0.4 is 5.32 Å². The maximum atomic E-state index is 3.42. The Labute approximate surface area is 117 Å². The zero-order valence-corrected chi connectivity index (χ0v) is 13.2. The van der Waals surface area contributed by atoms with Gasteiger partial charge in [0.2, 0.25) is 0 Å². The van der Waals surface area contributed by atoms with Crippen LogP contribution in [-0.2, 0) is 6.42 Å². The van der Waals surface area contributed by atoms with Crippen LogP contribution in [0.25, 0.3) is 0 Å². The van der Waals surface area contributed by atoms with Crippen LogP contribution >= 0.6 is 11.8 Å². The van der Waals surface area contributed by atoms with E-state index in [1.807, 2.05) is 11.8 Å². The van der Waals surface area contributed by atoms with Crippen LogP contribution in [0, 0.1) is 0 Å². The van der Waals surface area contributed by atoms with Gasteiger partial charge in [-0.15, -0.1) is 0 Å². The van der Waals surface area contributed by atoms with Crippen molar-refractivity contribution in [3.8, 4) is 0 Å². The molecule has 0 spiro atoms. The summed E-state index contributed by atoms with van der Waals surface area (Å²) in [7, 11) is 2.06. The molecule has 0 bridgehead atoms. The van der Waals surface area contributed by atoms with E-state index in [0.29, 0.717) is 17.2 Å². The lowest BCUT2D eigenvalue weighted by Gasteiger charge is -2.17. The van der Waals surface area contributed by atoms with Crippen molar-refractivity contribution in [2.75, 3.05) is 12.8 Å². The molecule has 1 atom stereocenters. The average Bonchev–Trinajstić information content (AvgIpc) is 2.34. The van der Waals surface area contributed by atoms with Gasteiger partial charge in [0, 0.05) is 11.8 Å². The molecule has 0 saturated heterocycles. The number of nitrogens with one attached hydrogen (secondary N) is 1. The summed E-state index contributed by atoms with van der Waals surface area (Å²) in [5.74, 6) is 1.80. The van der Waals surface area contributed by atoms with Crippen molar-refractivity contribution >= 4 is 11.8 Å². The van der Waals surface area contributed by atoms with Crippen LogP contribution in [0.2, 0.25) is 0 Å². The van der Waals surface area contributed by atoms with Crippen molar-refractivity contribution in [1.29, 1.82) is 0 Å². The number of hydrogen-bond donors (Lipinski definition) is 1. The fraction of sp³-hybridized carbons (Fsp3) is 0.625. The molecule has 102 valence electrons. The SMILES string of the molecule is CNC(CSC(C)C)Cc1ccc(C(C)C)cc1. The second-order valence-electron chi connectivity index (χ2n) is 5.47. The first-order valence-corrected chi connectivity index (χ1v) is 7.95. The van der Waals surface area contributed by atoms with Gasteiger partial charge in [0.05, 0.1) is 0 Å². The molecule has 1 nitrogen and oxygen atoms in total. The Hall–Kier alpha value is -0.470. The van der Waals surface area contributed by atoms with Gasteiger partial charge in [0.25, 0.3) is 0 Å². The van der Waals surface area contributed by atoms with Crippen molar-refractivity contribution in [1.82, 2.24) is 5.32 Å². The first-order valence-electron chi connectivity index (χ1n) is 6.90. The summed E-state index contributed by atoms with van der Waals surface area (Å²) in [6.45, 7) is 9.00. The second-order valence-corrected chi connectivity index (χ2v) is 7.08. The van der Waals surface area contributed by atoms with E-state index in [-0.39, 0.29) is 0 Å². The highest BCUT2D eigenvalue weighted by Crippen LogP contribution is 2.17. The van der Waals surface area contributed by atoms with E-state index in [9.17, 15) is 0 Å². The molecule has 1 N–H and O–H groups in total. The van der Waals surface area contributed by atoms with Crippen LogP contribution in [0.4, 0.5) is 0 Å². The predicted molar refractivity (Wildman–Crippen MR) is 84.7 cm³/mol. The zero-order chi connectivity index (χ0) is 13.5. The molecule has 1 unspecified atom stereocenters. The van der Waals surface area contributed by atoms with Gasteiger partial charge in [-0.1, -0.05) is 52.0 Å². The van der Waals surface area contributed by atoms with Gasteiger partial charge >= 0.3 is 0 Å². The molecule has 0 amide bonds. The quantitative estimate of drug-likeness (QED) is 0.797. The Morgan fingerprint density at radius 3 is 2.11 bits per heavy atom. The van der Waals surface area contributed by atoms with Crippen LogP contribution in [-0.4, -0.2) is 24.1 Å². The highest BCUT2D eigenvalue weighted by Gasteiger charge is 2.09. The summed E-state index contributed by atoms with van der Waals surface area (Å²) in [4.78, 5) is 0. The number of likely N-dealkylation sites (N-methyl/N-ethyl adjacent to an activating group) is 1.